The number of rotatable bonds is 4. The third kappa shape index (κ3) is 4.36. The van der Waals surface area contributed by atoms with Gasteiger partial charge in [-0.1, -0.05) is 121 Å². The third-order valence-electron chi connectivity index (χ3n) is 10.2. The van der Waals surface area contributed by atoms with E-state index in [1.54, 1.807) is 0 Å². The summed E-state index contributed by atoms with van der Waals surface area (Å²) in [6.07, 6.45) is 1.87. The van der Waals surface area contributed by atoms with Crippen molar-refractivity contribution in [3.05, 3.63) is 170 Å². The molecule has 11 aromatic rings. The number of pyridine rings is 1. The van der Waals surface area contributed by atoms with Crippen LogP contribution in [0.15, 0.2) is 170 Å². The SMILES string of the molecule is c1ccc(-c2cc(-c3ccccc3)cc(-c3nc(-n4c5ncccc5c5c6ccccc6c6c7ccccc7sc6c54)nc4ccccc34)c2)cc1. The highest BCUT2D eigenvalue weighted by Gasteiger charge is 2.24. The van der Waals surface area contributed by atoms with E-state index in [1.807, 2.05) is 23.6 Å². The Balaban J connectivity index is 1.28. The molecule has 4 nitrogen and oxygen atoms in total. The van der Waals surface area contributed by atoms with Crippen LogP contribution in [0.2, 0.25) is 0 Å². The van der Waals surface area contributed by atoms with Gasteiger partial charge in [-0.05, 0) is 75.5 Å². The minimum Gasteiger partial charge on any atom is -0.260 e. The van der Waals surface area contributed by atoms with Gasteiger partial charge in [-0.25, -0.2) is 15.0 Å². The average Bonchev–Trinajstić information content (AvgIpc) is 3.78. The summed E-state index contributed by atoms with van der Waals surface area (Å²) in [7, 11) is 0. The Kier molecular flexibility index (Phi) is 6.39. The molecule has 52 heavy (non-hydrogen) atoms. The topological polar surface area (TPSA) is 43.6 Å². The predicted molar refractivity (Wildman–Crippen MR) is 218 cm³/mol. The number of aromatic nitrogens is 4. The lowest BCUT2D eigenvalue weighted by Crippen LogP contribution is -2.04. The Morgan fingerprint density at radius 3 is 1.75 bits per heavy atom. The number of hydrogen-bond acceptors (Lipinski definition) is 4. The maximum atomic E-state index is 5.54. The van der Waals surface area contributed by atoms with Crippen LogP contribution >= 0.6 is 11.3 Å². The summed E-state index contributed by atoms with van der Waals surface area (Å²) < 4.78 is 4.68. The Morgan fingerprint density at radius 1 is 0.442 bits per heavy atom. The van der Waals surface area contributed by atoms with Crippen LogP contribution in [0.4, 0.5) is 0 Å². The number of thiophene rings is 1. The summed E-state index contributed by atoms with van der Waals surface area (Å²) in [6.45, 7) is 0. The molecule has 0 aliphatic heterocycles. The van der Waals surface area contributed by atoms with Crippen LogP contribution in [0.5, 0.6) is 0 Å². The normalized spacial score (nSPS) is 11.8. The van der Waals surface area contributed by atoms with Crippen LogP contribution in [0.1, 0.15) is 0 Å². The van der Waals surface area contributed by atoms with Crippen LogP contribution in [-0.4, -0.2) is 19.5 Å². The summed E-state index contributed by atoms with van der Waals surface area (Å²) in [5.74, 6) is 0.604. The van der Waals surface area contributed by atoms with E-state index in [1.165, 1.54) is 36.3 Å². The third-order valence-corrected chi connectivity index (χ3v) is 11.4. The highest BCUT2D eigenvalue weighted by atomic mass is 32.1. The van der Waals surface area contributed by atoms with E-state index in [-0.39, 0.29) is 0 Å². The zero-order valence-corrected chi connectivity index (χ0v) is 28.7. The molecule has 0 saturated heterocycles. The second-order valence-electron chi connectivity index (χ2n) is 13.2. The summed E-state index contributed by atoms with van der Waals surface area (Å²) in [5, 5.41) is 8.23. The van der Waals surface area contributed by atoms with E-state index in [0.717, 1.165) is 61.0 Å². The lowest BCUT2D eigenvalue weighted by Gasteiger charge is -2.14. The minimum absolute atomic E-state index is 0.604. The molecule has 0 aliphatic carbocycles. The van der Waals surface area contributed by atoms with Gasteiger partial charge in [0.15, 0.2) is 0 Å². The van der Waals surface area contributed by atoms with E-state index in [2.05, 4.69) is 162 Å². The van der Waals surface area contributed by atoms with Crippen LogP contribution in [0.3, 0.4) is 0 Å². The highest BCUT2D eigenvalue weighted by Crippen LogP contribution is 2.47. The first-order valence-electron chi connectivity index (χ1n) is 17.4. The lowest BCUT2D eigenvalue weighted by atomic mass is 9.94. The number of fused-ring (bicyclic) bond motifs is 11. The van der Waals surface area contributed by atoms with E-state index < -0.39 is 0 Å². The van der Waals surface area contributed by atoms with Crippen molar-refractivity contribution < 1.29 is 0 Å². The van der Waals surface area contributed by atoms with E-state index in [4.69, 9.17) is 15.0 Å². The standard InChI is InChI=1S/C47H28N4S/c1-3-14-29(15-4-1)31-26-32(30-16-5-2-6-17-30)28-33(27-31)43-36-20-9-11-23-39(36)49-47(50-43)51-44-41(38-22-13-25-48-46(38)51)34-18-7-8-19-35(34)42-37-21-10-12-24-40(37)52-45(42)44/h1-28H. The Bertz CT molecular complexity index is 3120. The van der Waals surface area contributed by atoms with Crippen LogP contribution in [0.25, 0.3) is 103 Å². The first-order valence-corrected chi connectivity index (χ1v) is 18.3. The number of para-hydroxylation sites is 1. The molecule has 4 aromatic heterocycles. The second-order valence-corrected chi connectivity index (χ2v) is 14.3. The van der Waals surface area contributed by atoms with Crippen molar-refractivity contribution in [3.8, 4) is 39.5 Å². The van der Waals surface area contributed by atoms with Gasteiger partial charge in [0, 0.05) is 43.4 Å². The quantitative estimate of drug-likeness (QED) is 0.186. The molecule has 0 spiro atoms. The van der Waals surface area contributed by atoms with E-state index in [9.17, 15) is 0 Å². The van der Waals surface area contributed by atoms with Crippen molar-refractivity contribution in [2.24, 2.45) is 0 Å². The molecule has 0 fully saturated rings. The molecule has 4 heterocycles. The van der Waals surface area contributed by atoms with E-state index in [0.29, 0.717) is 5.95 Å². The van der Waals surface area contributed by atoms with Crippen molar-refractivity contribution in [2.75, 3.05) is 0 Å². The summed E-state index contributed by atoms with van der Waals surface area (Å²) in [5.41, 5.74) is 9.33. The smallest absolute Gasteiger partial charge is 0.237 e. The lowest BCUT2D eigenvalue weighted by molar-refractivity contribution is 1.00. The van der Waals surface area contributed by atoms with Gasteiger partial charge in [0.25, 0.3) is 0 Å². The van der Waals surface area contributed by atoms with Crippen molar-refractivity contribution in [2.45, 2.75) is 0 Å². The Labute approximate surface area is 302 Å². The molecular weight excluding hydrogens is 653 g/mol. The maximum Gasteiger partial charge on any atom is 0.237 e. The fourth-order valence-electron chi connectivity index (χ4n) is 7.94. The summed E-state index contributed by atoms with van der Waals surface area (Å²) in [4.78, 5) is 15.9. The van der Waals surface area contributed by atoms with Gasteiger partial charge in [0.2, 0.25) is 5.95 Å². The predicted octanol–water partition coefficient (Wildman–Crippen LogP) is 12.6. The molecule has 0 atom stereocenters. The van der Waals surface area contributed by atoms with Gasteiger partial charge in [-0.2, -0.15) is 0 Å². The molecule has 7 aromatic carbocycles. The minimum atomic E-state index is 0.604. The second kappa shape index (κ2) is 11.4. The Morgan fingerprint density at radius 2 is 1.02 bits per heavy atom. The molecular formula is C47H28N4S. The first kappa shape index (κ1) is 29.1. The van der Waals surface area contributed by atoms with Crippen molar-refractivity contribution in [1.29, 1.82) is 0 Å². The fraction of sp³-hybridized carbons (Fsp3) is 0. The molecule has 0 saturated carbocycles. The van der Waals surface area contributed by atoms with Crippen molar-refractivity contribution in [1.82, 2.24) is 19.5 Å². The van der Waals surface area contributed by atoms with Gasteiger partial charge in [-0.15, -0.1) is 11.3 Å². The molecule has 11 rings (SSSR count). The number of benzene rings is 7. The fourth-order valence-corrected chi connectivity index (χ4v) is 9.20. The number of nitrogens with zero attached hydrogens (tertiary/aromatic N) is 4. The summed E-state index contributed by atoms with van der Waals surface area (Å²) in [6, 6.07) is 58.0. The number of hydrogen-bond donors (Lipinski definition) is 0. The molecule has 242 valence electrons. The highest BCUT2D eigenvalue weighted by molar-refractivity contribution is 7.27. The van der Waals surface area contributed by atoms with Gasteiger partial charge in [0.05, 0.1) is 21.4 Å². The van der Waals surface area contributed by atoms with Crippen molar-refractivity contribution in [3.63, 3.8) is 0 Å². The van der Waals surface area contributed by atoms with Crippen LogP contribution in [-0.2, 0) is 0 Å². The van der Waals surface area contributed by atoms with Crippen molar-refractivity contribution >= 4 is 75.1 Å². The molecule has 0 aliphatic rings. The molecule has 0 radical (unpaired) electrons. The zero-order valence-electron chi connectivity index (χ0n) is 27.9. The largest absolute Gasteiger partial charge is 0.260 e. The summed E-state index contributed by atoms with van der Waals surface area (Å²) >= 11 is 1.83. The molecule has 0 bridgehead atoms. The van der Waals surface area contributed by atoms with Gasteiger partial charge >= 0.3 is 0 Å². The molecule has 0 N–H and O–H groups in total. The first-order chi connectivity index (χ1) is 25.8. The zero-order chi connectivity index (χ0) is 34.2. The maximum absolute atomic E-state index is 5.54. The monoisotopic (exact) mass is 680 g/mol. The Hall–Kier alpha value is -6.69. The van der Waals surface area contributed by atoms with Gasteiger partial charge < -0.3 is 0 Å². The molecule has 0 unspecified atom stereocenters. The molecule has 5 heteroatoms. The molecule has 0 amide bonds. The van der Waals surface area contributed by atoms with Crippen LogP contribution < -0.4 is 0 Å². The van der Waals surface area contributed by atoms with Crippen LogP contribution in [0, 0.1) is 0 Å². The van der Waals surface area contributed by atoms with Gasteiger partial charge in [0.1, 0.15) is 5.65 Å². The van der Waals surface area contributed by atoms with Gasteiger partial charge in [-0.3, -0.25) is 4.57 Å². The van der Waals surface area contributed by atoms with E-state index >= 15 is 0 Å². The average molecular weight is 681 g/mol.